The number of halogens is 1. The number of ether oxygens (including phenoxy) is 1. The molecule has 6 heteroatoms. The van der Waals surface area contributed by atoms with E-state index in [1.807, 2.05) is 6.92 Å². The number of carbonyl (C=O) groups is 2. The van der Waals surface area contributed by atoms with Crippen molar-refractivity contribution in [3.05, 3.63) is 28.8 Å². The molecule has 0 atom stereocenters. The fraction of sp³-hybridized carbons (Fsp3) is 0.385. The highest BCUT2D eigenvalue weighted by molar-refractivity contribution is 6.32. The Hall–Kier alpha value is -1.75. The van der Waals surface area contributed by atoms with Crippen molar-refractivity contribution in [2.45, 2.75) is 13.3 Å². The number of amides is 1. The Morgan fingerprint density at radius 2 is 2.11 bits per heavy atom. The van der Waals surface area contributed by atoms with Crippen LogP contribution in [-0.4, -0.2) is 42.1 Å². The third-order valence-electron chi connectivity index (χ3n) is 2.52. The van der Waals surface area contributed by atoms with E-state index < -0.39 is 5.97 Å². The van der Waals surface area contributed by atoms with Crippen molar-refractivity contribution in [2.75, 3.05) is 20.2 Å². The van der Waals surface area contributed by atoms with Crippen LogP contribution >= 0.6 is 11.6 Å². The maximum Gasteiger partial charge on any atom is 0.325 e. The Balaban J connectivity index is 2.91. The maximum atomic E-state index is 12.2. The van der Waals surface area contributed by atoms with Gasteiger partial charge in [0.15, 0.2) is 0 Å². The zero-order valence-corrected chi connectivity index (χ0v) is 11.6. The van der Waals surface area contributed by atoms with Crippen LogP contribution in [0.5, 0.6) is 5.75 Å². The molecule has 0 fully saturated rings. The van der Waals surface area contributed by atoms with Crippen molar-refractivity contribution in [3.63, 3.8) is 0 Å². The molecule has 1 aromatic carbocycles. The van der Waals surface area contributed by atoms with Crippen LogP contribution < -0.4 is 0 Å². The Labute approximate surface area is 116 Å². The van der Waals surface area contributed by atoms with Gasteiger partial charge in [0.2, 0.25) is 0 Å². The number of carbonyl (C=O) groups excluding carboxylic acids is 2. The summed E-state index contributed by atoms with van der Waals surface area (Å²) in [6.45, 7) is 2.23. The maximum absolute atomic E-state index is 12.2. The lowest BCUT2D eigenvalue weighted by Crippen LogP contribution is -2.36. The van der Waals surface area contributed by atoms with Gasteiger partial charge in [0.05, 0.1) is 12.1 Å². The van der Waals surface area contributed by atoms with Crippen molar-refractivity contribution < 1.29 is 19.4 Å². The molecule has 0 aromatic heterocycles. The molecule has 104 valence electrons. The molecule has 0 aliphatic rings. The molecule has 0 spiro atoms. The van der Waals surface area contributed by atoms with Gasteiger partial charge in [-0.1, -0.05) is 18.5 Å². The summed E-state index contributed by atoms with van der Waals surface area (Å²) in [5.41, 5.74) is 0.320. The lowest BCUT2D eigenvalue weighted by atomic mass is 10.2. The average Bonchev–Trinajstić information content (AvgIpc) is 2.40. The molecule has 0 radical (unpaired) electrons. The lowest BCUT2D eigenvalue weighted by Gasteiger charge is -2.20. The number of benzene rings is 1. The van der Waals surface area contributed by atoms with Crippen molar-refractivity contribution in [1.82, 2.24) is 4.90 Å². The van der Waals surface area contributed by atoms with Crippen molar-refractivity contribution in [2.24, 2.45) is 0 Å². The number of methoxy groups -OCH3 is 1. The standard InChI is InChI=1S/C13H16ClNO4/c1-3-6-15(8-12(17)19-2)13(18)9-4-5-11(16)10(14)7-9/h4-5,7,16H,3,6,8H2,1-2H3. The molecule has 0 saturated heterocycles. The van der Waals surface area contributed by atoms with Crippen LogP contribution in [-0.2, 0) is 9.53 Å². The lowest BCUT2D eigenvalue weighted by molar-refractivity contribution is -0.141. The van der Waals surface area contributed by atoms with Crippen molar-refractivity contribution in [3.8, 4) is 5.75 Å². The average molecular weight is 286 g/mol. The fourth-order valence-corrected chi connectivity index (χ4v) is 1.75. The summed E-state index contributed by atoms with van der Waals surface area (Å²) in [6, 6.07) is 4.18. The quantitative estimate of drug-likeness (QED) is 0.841. The number of rotatable bonds is 5. The zero-order valence-electron chi connectivity index (χ0n) is 10.9. The minimum Gasteiger partial charge on any atom is -0.506 e. The van der Waals surface area contributed by atoms with Gasteiger partial charge in [0.25, 0.3) is 5.91 Å². The first-order chi connectivity index (χ1) is 8.99. The fourth-order valence-electron chi connectivity index (χ4n) is 1.57. The SMILES string of the molecule is CCCN(CC(=O)OC)C(=O)c1ccc(O)c(Cl)c1. The molecule has 19 heavy (non-hydrogen) atoms. The number of esters is 1. The molecular formula is C13H16ClNO4. The molecule has 0 heterocycles. The van der Waals surface area contributed by atoms with Gasteiger partial charge in [0.1, 0.15) is 12.3 Å². The molecule has 1 N–H and O–H groups in total. The summed E-state index contributed by atoms with van der Waals surface area (Å²) in [7, 11) is 1.27. The van der Waals surface area contributed by atoms with E-state index in [0.717, 1.165) is 0 Å². The molecule has 0 aliphatic heterocycles. The van der Waals surface area contributed by atoms with Crippen LogP contribution in [0.25, 0.3) is 0 Å². The highest BCUT2D eigenvalue weighted by Crippen LogP contribution is 2.24. The van der Waals surface area contributed by atoms with Gasteiger partial charge >= 0.3 is 5.97 Å². The molecule has 0 aliphatic carbocycles. The first-order valence-electron chi connectivity index (χ1n) is 5.84. The van der Waals surface area contributed by atoms with Gasteiger partial charge in [-0.2, -0.15) is 0 Å². The van der Waals surface area contributed by atoms with E-state index in [2.05, 4.69) is 4.74 Å². The van der Waals surface area contributed by atoms with Crippen LogP contribution in [0.15, 0.2) is 18.2 Å². The van der Waals surface area contributed by atoms with Gasteiger partial charge in [-0.25, -0.2) is 0 Å². The number of nitrogens with zero attached hydrogens (tertiary/aromatic N) is 1. The Kier molecular flexibility index (Phi) is 5.63. The van der Waals surface area contributed by atoms with E-state index in [9.17, 15) is 14.7 Å². The topological polar surface area (TPSA) is 66.8 Å². The van der Waals surface area contributed by atoms with E-state index >= 15 is 0 Å². The Bertz CT molecular complexity index is 476. The van der Waals surface area contributed by atoms with Crippen LogP contribution in [0.1, 0.15) is 23.7 Å². The van der Waals surface area contributed by atoms with Crippen LogP contribution in [0.3, 0.4) is 0 Å². The Morgan fingerprint density at radius 1 is 1.42 bits per heavy atom. The molecule has 1 aromatic rings. The molecular weight excluding hydrogens is 270 g/mol. The predicted molar refractivity (Wildman–Crippen MR) is 71.3 cm³/mol. The summed E-state index contributed by atoms with van der Waals surface area (Å²) in [5.74, 6) is -0.894. The molecule has 1 rings (SSSR count). The third-order valence-corrected chi connectivity index (χ3v) is 2.83. The van der Waals surface area contributed by atoms with Crippen LogP contribution in [0.2, 0.25) is 5.02 Å². The van der Waals surface area contributed by atoms with Crippen LogP contribution in [0.4, 0.5) is 0 Å². The molecule has 5 nitrogen and oxygen atoms in total. The van der Waals surface area contributed by atoms with E-state index in [0.29, 0.717) is 18.5 Å². The molecule has 0 unspecified atom stereocenters. The second-order valence-electron chi connectivity index (χ2n) is 3.97. The van der Waals surface area contributed by atoms with E-state index in [1.165, 1.54) is 30.2 Å². The molecule has 0 bridgehead atoms. The van der Waals surface area contributed by atoms with E-state index in [4.69, 9.17) is 11.6 Å². The summed E-state index contributed by atoms with van der Waals surface area (Å²) >= 11 is 5.76. The smallest absolute Gasteiger partial charge is 0.325 e. The first kappa shape index (κ1) is 15.3. The van der Waals surface area contributed by atoms with Gasteiger partial charge < -0.3 is 14.7 Å². The third kappa shape index (κ3) is 4.13. The second kappa shape index (κ2) is 6.99. The highest BCUT2D eigenvalue weighted by atomic mass is 35.5. The van der Waals surface area contributed by atoms with Gasteiger partial charge in [-0.3, -0.25) is 9.59 Å². The van der Waals surface area contributed by atoms with Gasteiger partial charge in [-0.05, 0) is 24.6 Å². The van der Waals surface area contributed by atoms with Crippen molar-refractivity contribution in [1.29, 1.82) is 0 Å². The number of phenolic OH excluding ortho intramolecular Hbond substituents is 1. The van der Waals surface area contributed by atoms with Gasteiger partial charge in [-0.15, -0.1) is 0 Å². The predicted octanol–water partition coefficient (Wildman–Crippen LogP) is 2.07. The summed E-state index contributed by atoms with van der Waals surface area (Å²) in [4.78, 5) is 24.9. The summed E-state index contributed by atoms with van der Waals surface area (Å²) < 4.78 is 4.56. The van der Waals surface area contributed by atoms with Gasteiger partial charge in [0, 0.05) is 12.1 Å². The minimum absolute atomic E-state index is 0.0896. The van der Waals surface area contributed by atoms with E-state index in [-0.39, 0.29) is 23.2 Å². The number of hydrogen-bond acceptors (Lipinski definition) is 4. The first-order valence-corrected chi connectivity index (χ1v) is 6.22. The van der Waals surface area contributed by atoms with E-state index in [1.54, 1.807) is 0 Å². The summed E-state index contributed by atoms with van der Waals surface area (Å²) in [5, 5.41) is 9.42. The normalized spacial score (nSPS) is 10.1. The minimum atomic E-state index is -0.480. The number of phenols is 1. The van der Waals surface area contributed by atoms with Crippen LogP contribution in [0, 0.1) is 0 Å². The molecule has 0 saturated carbocycles. The zero-order chi connectivity index (χ0) is 14.4. The highest BCUT2D eigenvalue weighted by Gasteiger charge is 2.19. The monoisotopic (exact) mass is 285 g/mol. The Morgan fingerprint density at radius 3 is 2.63 bits per heavy atom. The largest absolute Gasteiger partial charge is 0.506 e. The van der Waals surface area contributed by atoms with Crippen molar-refractivity contribution >= 4 is 23.5 Å². The summed E-state index contributed by atoms with van der Waals surface area (Å²) in [6.07, 6.45) is 0.717. The number of aromatic hydroxyl groups is 1. The second-order valence-corrected chi connectivity index (χ2v) is 4.38. The molecule has 1 amide bonds. The number of hydrogen-bond donors (Lipinski definition) is 1.